The molecule has 0 bridgehead atoms. The van der Waals surface area contributed by atoms with Crippen molar-refractivity contribution in [3.63, 3.8) is 0 Å². The first-order chi connectivity index (χ1) is 10.7. The van der Waals surface area contributed by atoms with Crippen LogP contribution in [0.2, 0.25) is 0 Å². The highest BCUT2D eigenvalue weighted by Crippen LogP contribution is 2.66. The van der Waals surface area contributed by atoms with Crippen LogP contribution in [0.3, 0.4) is 0 Å². The average Bonchev–Trinajstić information content (AvgIpc) is 2.74. The summed E-state index contributed by atoms with van der Waals surface area (Å²) in [7, 11) is 1.96. The van der Waals surface area contributed by atoms with Crippen molar-refractivity contribution in [1.82, 2.24) is 4.90 Å². The van der Waals surface area contributed by atoms with Gasteiger partial charge in [0.1, 0.15) is 0 Å². The zero-order valence-electron chi connectivity index (χ0n) is 15.1. The van der Waals surface area contributed by atoms with Gasteiger partial charge in [-0.3, -0.25) is 4.79 Å². The molecule has 3 heteroatoms. The Morgan fingerprint density at radius 2 is 1.83 bits per heavy atom. The highest BCUT2D eigenvalue weighted by atomic mass is 16.3. The van der Waals surface area contributed by atoms with Gasteiger partial charge in [-0.2, -0.15) is 0 Å². The average molecular weight is 317 g/mol. The predicted octanol–water partition coefficient (Wildman–Crippen LogP) is 3.73. The van der Waals surface area contributed by atoms with Crippen LogP contribution < -0.4 is 0 Å². The molecule has 23 heavy (non-hydrogen) atoms. The van der Waals surface area contributed by atoms with Gasteiger partial charge in [0.25, 0.3) is 0 Å². The lowest BCUT2D eigenvalue weighted by Gasteiger charge is -2.59. The minimum atomic E-state index is -0.507. The highest BCUT2D eigenvalue weighted by Gasteiger charge is 2.62. The topological polar surface area (TPSA) is 40.5 Å². The number of allylic oxidation sites excluding steroid dienone is 2. The van der Waals surface area contributed by atoms with E-state index >= 15 is 0 Å². The number of hydrogen-bond acceptors (Lipinski definition) is 2. The Morgan fingerprint density at radius 1 is 1.13 bits per heavy atom. The van der Waals surface area contributed by atoms with Crippen molar-refractivity contribution in [2.24, 2.45) is 28.6 Å². The number of hydrogen-bond donors (Lipinski definition) is 1. The summed E-state index contributed by atoms with van der Waals surface area (Å²) < 4.78 is 0. The summed E-state index contributed by atoms with van der Waals surface area (Å²) in [6.07, 6.45) is 9.58. The Bertz CT molecular complexity index is 580. The van der Waals surface area contributed by atoms with Crippen molar-refractivity contribution < 1.29 is 9.90 Å². The van der Waals surface area contributed by atoms with E-state index in [4.69, 9.17) is 0 Å². The number of carbonyl (C=O) groups is 1. The van der Waals surface area contributed by atoms with Crippen molar-refractivity contribution in [2.45, 2.75) is 71.3 Å². The third-order valence-corrected chi connectivity index (χ3v) is 8.58. The molecular formula is C20H31NO2. The van der Waals surface area contributed by atoms with E-state index < -0.39 is 5.60 Å². The molecule has 3 nitrogen and oxygen atoms in total. The number of carbonyl (C=O) groups excluding carboxylic acids is 1. The lowest BCUT2D eigenvalue weighted by molar-refractivity contribution is -0.139. The SMILES string of the molecule is CN1C(=O)CC[C@@]2(C)C1=CC[C@@H]1[C@@H]2CC[C@@]2(C)[C@H]1CC[C@]2(C)O. The van der Waals surface area contributed by atoms with Crippen LogP contribution in [-0.4, -0.2) is 28.6 Å². The molecule has 1 saturated heterocycles. The van der Waals surface area contributed by atoms with E-state index in [0.717, 1.165) is 25.7 Å². The minimum Gasteiger partial charge on any atom is -0.390 e. The zero-order valence-corrected chi connectivity index (χ0v) is 15.1. The molecule has 0 aromatic rings. The number of fused-ring (bicyclic) bond motifs is 5. The minimum absolute atomic E-state index is 0.0757. The molecule has 1 aliphatic heterocycles. The first-order valence-electron chi connectivity index (χ1n) is 9.40. The molecule has 3 aliphatic carbocycles. The second kappa shape index (κ2) is 4.62. The first kappa shape index (κ1) is 15.7. The number of likely N-dealkylation sites (tertiary alicyclic amines) is 1. The highest BCUT2D eigenvalue weighted by molar-refractivity contribution is 5.79. The number of rotatable bonds is 0. The second-order valence-electron chi connectivity index (χ2n) is 9.34. The van der Waals surface area contributed by atoms with Crippen LogP contribution in [0.4, 0.5) is 0 Å². The number of aliphatic hydroxyl groups is 1. The number of amides is 1. The van der Waals surface area contributed by atoms with Crippen molar-refractivity contribution in [2.75, 3.05) is 7.05 Å². The molecule has 2 saturated carbocycles. The largest absolute Gasteiger partial charge is 0.390 e. The van der Waals surface area contributed by atoms with E-state index in [0.29, 0.717) is 24.2 Å². The van der Waals surface area contributed by atoms with E-state index in [1.165, 1.54) is 18.5 Å². The Hall–Kier alpha value is -0.830. The van der Waals surface area contributed by atoms with E-state index in [9.17, 15) is 9.90 Å². The predicted molar refractivity (Wildman–Crippen MR) is 90.5 cm³/mol. The molecule has 128 valence electrons. The van der Waals surface area contributed by atoms with Gasteiger partial charge in [0, 0.05) is 24.6 Å². The van der Waals surface area contributed by atoms with Gasteiger partial charge in [-0.05, 0) is 68.6 Å². The zero-order chi connectivity index (χ0) is 16.6. The number of nitrogens with zero attached hydrogens (tertiary/aromatic N) is 1. The summed E-state index contributed by atoms with van der Waals surface area (Å²) in [5.41, 5.74) is 1.00. The Kier molecular flexibility index (Phi) is 3.15. The van der Waals surface area contributed by atoms with Gasteiger partial charge < -0.3 is 10.0 Å². The quantitative estimate of drug-likeness (QED) is 0.739. The Morgan fingerprint density at radius 3 is 2.57 bits per heavy atom. The van der Waals surface area contributed by atoms with Crippen LogP contribution in [0.15, 0.2) is 11.8 Å². The van der Waals surface area contributed by atoms with Gasteiger partial charge in [0.15, 0.2) is 0 Å². The van der Waals surface area contributed by atoms with Crippen LogP contribution in [0, 0.1) is 28.6 Å². The fourth-order valence-electron chi connectivity index (χ4n) is 6.82. The molecule has 0 aromatic heterocycles. The maximum Gasteiger partial charge on any atom is 0.226 e. The maximum atomic E-state index is 12.1. The molecule has 1 heterocycles. The van der Waals surface area contributed by atoms with Crippen LogP contribution in [-0.2, 0) is 4.79 Å². The van der Waals surface area contributed by atoms with Crippen molar-refractivity contribution in [3.05, 3.63) is 11.8 Å². The third-order valence-electron chi connectivity index (χ3n) is 8.58. The fourth-order valence-corrected chi connectivity index (χ4v) is 6.82. The molecule has 0 radical (unpaired) electrons. The van der Waals surface area contributed by atoms with Gasteiger partial charge >= 0.3 is 0 Å². The van der Waals surface area contributed by atoms with Crippen molar-refractivity contribution in [1.29, 1.82) is 0 Å². The summed E-state index contributed by atoms with van der Waals surface area (Å²) in [5, 5.41) is 10.9. The second-order valence-corrected chi connectivity index (χ2v) is 9.34. The van der Waals surface area contributed by atoms with Gasteiger partial charge in [-0.25, -0.2) is 0 Å². The van der Waals surface area contributed by atoms with Gasteiger partial charge in [0.2, 0.25) is 5.91 Å². The summed E-state index contributed by atoms with van der Waals surface area (Å²) in [5.74, 6) is 2.26. The molecule has 1 amide bonds. The van der Waals surface area contributed by atoms with E-state index in [-0.39, 0.29) is 16.7 Å². The smallest absolute Gasteiger partial charge is 0.226 e. The summed E-state index contributed by atoms with van der Waals surface area (Å²) in [6.45, 7) is 6.79. The van der Waals surface area contributed by atoms with Gasteiger partial charge in [-0.15, -0.1) is 0 Å². The van der Waals surface area contributed by atoms with E-state index in [1.54, 1.807) is 0 Å². The lowest BCUT2D eigenvalue weighted by atomic mass is 9.48. The molecule has 4 rings (SSSR count). The van der Waals surface area contributed by atoms with E-state index in [1.807, 2.05) is 11.9 Å². The summed E-state index contributed by atoms with van der Waals surface area (Å²) >= 11 is 0. The van der Waals surface area contributed by atoms with Gasteiger partial charge in [0.05, 0.1) is 5.60 Å². The number of piperidine rings is 1. The third kappa shape index (κ3) is 1.83. The van der Waals surface area contributed by atoms with Gasteiger partial charge in [-0.1, -0.05) is 19.9 Å². The van der Waals surface area contributed by atoms with Crippen molar-refractivity contribution >= 4 is 5.91 Å². The Labute approximate surface area is 140 Å². The van der Waals surface area contributed by atoms with Crippen molar-refractivity contribution in [3.8, 4) is 0 Å². The maximum absolute atomic E-state index is 12.1. The standard InChI is InChI=1S/C20H31NO2/c1-18-10-9-17(22)21(4)16(18)6-5-13-14(18)7-11-19(2)15(13)8-12-20(19,3)23/h6,13-15,23H,5,7-12H2,1-4H3/t13-,14+,15+,18-,19+,20+/m1/s1. The molecule has 3 fully saturated rings. The Balaban J connectivity index is 1.72. The molecule has 0 aromatic carbocycles. The molecule has 0 unspecified atom stereocenters. The van der Waals surface area contributed by atoms with Crippen LogP contribution >= 0.6 is 0 Å². The lowest BCUT2D eigenvalue weighted by Crippen LogP contribution is -2.55. The van der Waals surface area contributed by atoms with Crippen LogP contribution in [0.25, 0.3) is 0 Å². The van der Waals surface area contributed by atoms with Crippen LogP contribution in [0.5, 0.6) is 0 Å². The van der Waals surface area contributed by atoms with Crippen LogP contribution in [0.1, 0.15) is 65.7 Å². The fraction of sp³-hybridized carbons (Fsp3) is 0.850. The monoisotopic (exact) mass is 317 g/mol. The molecular weight excluding hydrogens is 286 g/mol. The summed E-state index contributed by atoms with van der Waals surface area (Å²) in [4.78, 5) is 14.1. The normalized spacial score (nSPS) is 52.6. The molecule has 4 aliphatic rings. The molecule has 1 N–H and O–H groups in total. The first-order valence-corrected chi connectivity index (χ1v) is 9.40. The van der Waals surface area contributed by atoms with E-state index in [2.05, 4.69) is 26.8 Å². The molecule has 0 spiro atoms. The molecule has 6 atom stereocenters. The summed E-state index contributed by atoms with van der Waals surface area (Å²) in [6, 6.07) is 0.